The van der Waals surface area contributed by atoms with Gasteiger partial charge in [-0.05, 0) is 24.1 Å². The maximum Gasteiger partial charge on any atom is 0.335 e. The molecule has 2 rings (SSSR count). The van der Waals surface area contributed by atoms with Gasteiger partial charge in [0.1, 0.15) is 0 Å². The van der Waals surface area contributed by atoms with Crippen LogP contribution >= 0.6 is 11.3 Å². The molecule has 0 unspecified atom stereocenters. The minimum absolute atomic E-state index is 0.0923. The number of aromatic nitrogens is 1. The second kappa shape index (κ2) is 6.99. The lowest BCUT2D eigenvalue weighted by Gasteiger charge is -2.04. The fourth-order valence-electron chi connectivity index (χ4n) is 1.79. The number of carbonyl (C=O) groups is 2. The average molecular weight is 304 g/mol. The van der Waals surface area contributed by atoms with Crippen molar-refractivity contribution in [3.05, 3.63) is 51.5 Å². The maximum absolute atomic E-state index is 11.8. The standard InChI is InChI=1S/C15H16N2O3S/c1-2-14-17-12(9-21-14)7-13(18)16-8-10-3-5-11(6-4-10)15(19)20/h3-6,9H,2,7-8H2,1H3,(H,16,18)(H,19,20). The van der Waals surface area contributed by atoms with E-state index in [1.807, 2.05) is 12.3 Å². The van der Waals surface area contributed by atoms with Crippen molar-refractivity contribution in [2.24, 2.45) is 0 Å². The zero-order valence-electron chi connectivity index (χ0n) is 11.6. The van der Waals surface area contributed by atoms with Crippen molar-refractivity contribution in [2.45, 2.75) is 26.3 Å². The molecule has 0 radical (unpaired) electrons. The summed E-state index contributed by atoms with van der Waals surface area (Å²) in [5.74, 6) is -1.05. The number of hydrogen-bond donors (Lipinski definition) is 2. The predicted octanol–water partition coefficient (Wildman–Crippen LogP) is 2.26. The Labute approximate surface area is 126 Å². The van der Waals surface area contributed by atoms with Gasteiger partial charge in [-0.2, -0.15) is 0 Å². The van der Waals surface area contributed by atoms with Gasteiger partial charge in [0.15, 0.2) is 0 Å². The molecule has 0 bridgehead atoms. The normalized spacial score (nSPS) is 10.3. The van der Waals surface area contributed by atoms with E-state index in [1.54, 1.807) is 23.5 Å². The first kappa shape index (κ1) is 15.2. The fourth-order valence-corrected chi connectivity index (χ4v) is 2.53. The summed E-state index contributed by atoms with van der Waals surface area (Å²) in [6, 6.07) is 6.44. The zero-order valence-corrected chi connectivity index (χ0v) is 12.4. The van der Waals surface area contributed by atoms with E-state index in [4.69, 9.17) is 5.11 Å². The Hall–Kier alpha value is -2.21. The molecule has 0 fully saturated rings. The van der Waals surface area contributed by atoms with E-state index in [-0.39, 0.29) is 17.9 Å². The molecule has 2 N–H and O–H groups in total. The van der Waals surface area contributed by atoms with Crippen LogP contribution in [-0.4, -0.2) is 22.0 Å². The van der Waals surface area contributed by atoms with E-state index in [0.29, 0.717) is 6.54 Å². The highest BCUT2D eigenvalue weighted by molar-refractivity contribution is 7.09. The number of rotatable bonds is 6. The SMILES string of the molecule is CCc1nc(CC(=O)NCc2ccc(C(=O)O)cc2)cs1. The number of hydrogen-bond acceptors (Lipinski definition) is 4. The summed E-state index contributed by atoms with van der Waals surface area (Å²) in [5.41, 5.74) is 1.89. The zero-order chi connectivity index (χ0) is 15.2. The molecule has 21 heavy (non-hydrogen) atoms. The van der Waals surface area contributed by atoms with Crippen molar-refractivity contribution in [3.63, 3.8) is 0 Å². The first-order valence-corrected chi connectivity index (χ1v) is 7.48. The monoisotopic (exact) mass is 304 g/mol. The van der Waals surface area contributed by atoms with Gasteiger partial charge in [0.05, 0.1) is 22.7 Å². The number of nitrogens with one attached hydrogen (secondary N) is 1. The molecule has 0 aliphatic carbocycles. The average Bonchev–Trinajstić information content (AvgIpc) is 2.93. The molecule has 1 aromatic heterocycles. The van der Waals surface area contributed by atoms with E-state index < -0.39 is 5.97 Å². The Kier molecular flexibility index (Phi) is 5.05. The lowest BCUT2D eigenvalue weighted by Crippen LogP contribution is -2.24. The van der Waals surface area contributed by atoms with Gasteiger partial charge in [-0.15, -0.1) is 11.3 Å². The number of carboxylic acids is 1. The minimum Gasteiger partial charge on any atom is -0.478 e. The molecule has 0 aliphatic heterocycles. The van der Waals surface area contributed by atoms with Crippen LogP contribution in [0.5, 0.6) is 0 Å². The summed E-state index contributed by atoms with van der Waals surface area (Å²) in [6.07, 6.45) is 1.14. The summed E-state index contributed by atoms with van der Waals surface area (Å²) < 4.78 is 0. The number of aryl methyl sites for hydroxylation is 1. The lowest BCUT2D eigenvalue weighted by molar-refractivity contribution is -0.120. The summed E-state index contributed by atoms with van der Waals surface area (Å²) >= 11 is 1.56. The highest BCUT2D eigenvalue weighted by atomic mass is 32.1. The van der Waals surface area contributed by atoms with Crippen LogP contribution in [0.2, 0.25) is 0 Å². The molecule has 2 aromatic rings. The maximum atomic E-state index is 11.8. The Morgan fingerprint density at radius 2 is 2.00 bits per heavy atom. The van der Waals surface area contributed by atoms with E-state index in [1.165, 1.54) is 12.1 Å². The van der Waals surface area contributed by atoms with Crippen LogP contribution in [0, 0.1) is 0 Å². The van der Waals surface area contributed by atoms with Gasteiger partial charge < -0.3 is 10.4 Å². The molecule has 0 saturated heterocycles. The summed E-state index contributed by atoms with van der Waals surface area (Å²) in [4.78, 5) is 26.9. The Morgan fingerprint density at radius 3 is 2.57 bits per heavy atom. The van der Waals surface area contributed by atoms with Crippen molar-refractivity contribution in [2.75, 3.05) is 0 Å². The van der Waals surface area contributed by atoms with Crippen LogP contribution in [0.3, 0.4) is 0 Å². The Balaban J connectivity index is 1.84. The van der Waals surface area contributed by atoms with Gasteiger partial charge in [-0.3, -0.25) is 4.79 Å². The minimum atomic E-state index is -0.958. The van der Waals surface area contributed by atoms with E-state index in [0.717, 1.165) is 22.7 Å². The third-order valence-corrected chi connectivity index (χ3v) is 3.98. The second-order valence-corrected chi connectivity index (χ2v) is 5.48. The quantitative estimate of drug-likeness (QED) is 0.858. The molecule has 0 spiro atoms. The molecule has 0 saturated carbocycles. The summed E-state index contributed by atoms with van der Waals surface area (Å²) in [5, 5.41) is 14.5. The van der Waals surface area contributed by atoms with Gasteiger partial charge in [0.2, 0.25) is 5.91 Å². The molecule has 1 heterocycles. The largest absolute Gasteiger partial charge is 0.478 e. The third-order valence-electron chi connectivity index (χ3n) is 2.93. The molecule has 110 valence electrons. The van der Waals surface area contributed by atoms with Gasteiger partial charge in [-0.1, -0.05) is 19.1 Å². The summed E-state index contributed by atoms with van der Waals surface area (Å²) in [7, 11) is 0. The number of aromatic carboxylic acids is 1. The predicted molar refractivity (Wildman–Crippen MR) is 80.4 cm³/mol. The van der Waals surface area contributed by atoms with E-state index >= 15 is 0 Å². The van der Waals surface area contributed by atoms with Crippen LogP contribution in [0.4, 0.5) is 0 Å². The van der Waals surface area contributed by atoms with Gasteiger partial charge in [-0.25, -0.2) is 9.78 Å². The number of nitrogens with zero attached hydrogens (tertiary/aromatic N) is 1. The van der Waals surface area contributed by atoms with Gasteiger partial charge in [0, 0.05) is 11.9 Å². The number of carboxylic acid groups (broad SMARTS) is 1. The second-order valence-electron chi connectivity index (χ2n) is 4.54. The first-order chi connectivity index (χ1) is 10.1. The van der Waals surface area contributed by atoms with Crippen molar-refractivity contribution in [1.82, 2.24) is 10.3 Å². The van der Waals surface area contributed by atoms with Crippen LogP contribution in [0.1, 0.15) is 33.5 Å². The van der Waals surface area contributed by atoms with Crippen molar-refractivity contribution in [1.29, 1.82) is 0 Å². The number of amides is 1. The number of thiazole rings is 1. The number of carbonyl (C=O) groups excluding carboxylic acids is 1. The van der Waals surface area contributed by atoms with Crippen LogP contribution < -0.4 is 5.32 Å². The smallest absolute Gasteiger partial charge is 0.335 e. The van der Waals surface area contributed by atoms with Gasteiger partial charge >= 0.3 is 5.97 Å². The highest BCUT2D eigenvalue weighted by Gasteiger charge is 2.07. The van der Waals surface area contributed by atoms with Crippen LogP contribution in [0.25, 0.3) is 0 Å². The molecular formula is C15H16N2O3S. The highest BCUT2D eigenvalue weighted by Crippen LogP contribution is 2.10. The molecule has 5 nitrogen and oxygen atoms in total. The summed E-state index contributed by atoms with van der Waals surface area (Å²) in [6.45, 7) is 2.41. The molecular weight excluding hydrogens is 288 g/mol. The van der Waals surface area contributed by atoms with E-state index in [9.17, 15) is 9.59 Å². The Morgan fingerprint density at radius 1 is 1.29 bits per heavy atom. The van der Waals surface area contributed by atoms with Gasteiger partial charge in [0.25, 0.3) is 0 Å². The topological polar surface area (TPSA) is 79.3 Å². The molecule has 1 amide bonds. The van der Waals surface area contributed by atoms with Crippen molar-refractivity contribution >= 4 is 23.2 Å². The molecule has 6 heteroatoms. The number of benzene rings is 1. The van der Waals surface area contributed by atoms with Crippen molar-refractivity contribution in [3.8, 4) is 0 Å². The van der Waals surface area contributed by atoms with Crippen LogP contribution in [-0.2, 0) is 24.2 Å². The third kappa shape index (κ3) is 4.39. The Bertz CT molecular complexity index is 635. The first-order valence-electron chi connectivity index (χ1n) is 6.60. The van der Waals surface area contributed by atoms with E-state index in [2.05, 4.69) is 10.3 Å². The van der Waals surface area contributed by atoms with Crippen molar-refractivity contribution < 1.29 is 14.7 Å². The molecule has 0 aliphatic rings. The lowest BCUT2D eigenvalue weighted by atomic mass is 10.1. The molecule has 0 atom stereocenters. The molecule has 1 aromatic carbocycles. The fraction of sp³-hybridized carbons (Fsp3) is 0.267. The van der Waals surface area contributed by atoms with Crippen LogP contribution in [0.15, 0.2) is 29.6 Å².